The van der Waals surface area contributed by atoms with E-state index in [-0.39, 0.29) is 6.04 Å². The fourth-order valence-electron chi connectivity index (χ4n) is 1.39. The van der Waals surface area contributed by atoms with Crippen molar-refractivity contribution in [2.75, 3.05) is 0 Å². The van der Waals surface area contributed by atoms with Crippen LogP contribution in [0.1, 0.15) is 45.2 Å². The monoisotopic (exact) mass is 195 g/mol. The molecule has 80 valence electrons. The van der Waals surface area contributed by atoms with E-state index >= 15 is 0 Å². The lowest BCUT2D eigenvalue weighted by Crippen LogP contribution is -2.14. The largest absolute Gasteiger partial charge is 0.324 e. The first-order valence-electron chi connectivity index (χ1n) is 5.12. The minimum Gasteiger partial charge on any atom is -0.324 e. The Morgan fingerprint density at radius 1 is 1.50 bits per heavy atom. The molecule has 3 heteroatoms. The molecule has 1 atom stereocenters. The van der Waals surface area contributed by atoms with Gasteiger partial charge in [0.15, 0.2) is 0 Å². The molecule has 0 aromatic carbocycles. The maximum Gasteiger partial charge on any atom is 0.0537 e. The van der Waals surface area contributed by atoms with Crippen LogP contribution >= 0.6 is 0 Å². The average molecular weight is 195 g/mol. The van der Waals surface area contributed by atoms with Crippen molar-refractivity contribution in [1.82, 2.24) is 9.78 Å². The van der Waals surface area contributed by atoms with Crippen LogP contribution in [0.4, 0.5) is 0 Å². The standard InChI is InChI=1S/C11H21N3/c1-11(2,3)6-5-10(12)9-7-13-14(4)8-9/h7-8,10H,5-6,12H2,1-4H3. The molecule has 2 N–H and O–H groups in total. The Morgan fingerprint density at radius 3 is 2.57 bits per heavy atom. The highest BCUT2D eigenvalue weighted by Crippen LogP contribution is 2.25. The third-order valence-electron chi connectivity index (χ3n) is 2.36. The molecule has 0 aliphatic rings. The van der Waals surface area contributed by atoms with E-state index in [9.17, 15) is 0 Å². The summed E-state index contributed by atoms with van der Waals surface area (Å²) in [5.41, 5.74) is 7.56. The molecular weight excluding hydrogens is 174 g/mol. The second kappa shape index (κ2) is 4.13. The van der Waals surface area contributed by atoms with Crippen molar-refractivity contribution < 1.29 is 0 Å². The lowest BCUT2D eigenvalue weighted by atomic mass is 9.88. The highest BCUT2D eigenvalue weighted by molar-refractivity contribution is 5.09. The molecule has 0 spiro atoms. The van der Waals surface area contributed by atoms with Gasteiger partial charge in [-0.3, -0.25) is 4.68 Å². The van der Waals surface area contributed by atoms with Crippen LogP contribution in [0.25, 0.3) is 0 Å². The van der Waals surface area contributed by atoms with Gasteiger partial charge in [0.1, 0.15) is 0 Å². The van der Waals surface area contributed by atoms with Crippen molar-refractivity contribution in [3.05, 3.63) is 18.0 Å². The highest BCUT2D eigenvalue weighted by Gasteiger charge is 2.14. The Morgan fingerprint density at radius 2 is 2.14 bits per heavy atom. The Balaban J connectivity index is 2.47. The van der Waals surface area contributed by atoms with E-state index in [0.717, 1.165) is 18.4 Å². The molecule has 0 saturated carbocycles. The Labute approximate surface area is 86.3 Å². The fourth-order valence-corrected chi connectivity index (χ4v) is 1.39. The minimum absolute atomic E-state index is 0.128. The molecule has 1 aromatic rings. The Hall–Kier alpha value is -0.830. The smallest absolute Gasteiger partial charge is 0.0537 e. The van der Waals surface area contributed by atoms with Crippen molar-refractivity contribution in [2.45, 2.75) is 39.7 Å². The number of rotatable bonds is 3. The van der Waals surface area contributed by atoms with Gasteiger partial charge in [0.2, 0.25) is 0 Å². The van der Waals surface area contributed by atoms with Crippen molar-refractivity contribution in [1.29, 1.82) is 0 Å². The third-order valence-corrected chi connectivity index (χ3v) is 2.36. The summed E-state index contributed by atoms with van der Waals surface area (Å²) < 4.78 is 1.80. The van der Waals surface area contributed by atoms with E-state index in [2.05, 4.69) is 25.9 Å². The molecule has 0 bridgehead atoms. The maximum absolute atomic E-state index is 6.06. The number of nitrogens with two attached hydrogens (primary N) is 1. The number of aromatic nitrogens is 2. The van der Waals surface area contributed by atoms with Gasteiger partial charge in [0.25, 0.3) is 0 Å². The van der Waals surface area contributed by atoms with Crippen LogP contribution in [-0.4, -0.2) is 9.78 Å². The van der Waals surface area contributed by atoms with E-state index in [1.807, 2.05) is 19.4 Å². The van der Waals surface area contributed by atoms with E-state index in [1.165, 1.54) is 0 Å². The summed E-state index contributed by atoms with van der Waals surface area (Å²) >= 11 is 0. The lowest BCUT2D eigenvalue weighted by molar-refractivity contribution is 0.350. The van der Waals surface area contributed by atoms with Crippen molar-refractivity contribution >= 4 is 0 Å². The van der Waals surface area contributed by atoms with Gasteiger partial charge in [0, 0.05) is 24.8 Å². The van der Waals surface area contributed by atoms with Gasteiger partial charge >= 0.3 is 0 Å². The SMILES string of the molecule is Cn1cc(C(N)CCC(C)(C)C)cn1. The van der Waals surface area contributed by atoms with E-state index < -0.39 is 0 Å². The van der Waals surface area contributed by atoms with Gasteiger partial charge in [-0.15, -0.1) is 0 Å². The summed E-state index contributed by atoms with van der Waals surface area (Å²) in [6, 6.07) is 0.128. The number of hydrogen-bond donors (Lipinski definition) is 1. The van der Waals surface area contributed by atoms with Gasteiger partial charge in [0.05, 0.1) is 6.20 Å². The predicted octanol–water partition coefficient (Wildman–Crippen LogP) is 2.25. The minimum atomic E-state index is 0.128. The zero-order valence-electron chi connectivity index (χ0n) is 9.62. The van der Waals surface area contributed by atoms with E-state index in [1.54, 1.807) is 4.68 Å². The molecule has 1 unspecified atom stereocenters. The van der Waals surface area contributed by atoms with Crippen molar-refractivity contribution in [2.24, 2.45) is 18.2 Å². The maximum atomic E-state index is 6.06. The normalized spacial score (nSPS) is 14.4. The van der Waals surface area contributed by atoms with Crippen molar-refractivity contribution in [3.8, 4) is 0 Å². The Bertz CT molecular complexity index is 283. The molecule has 0 radical (unpaired) electrons. The molecule has 0 aliphatic heterocycles. The molecular formula is C11H21N3. The van der Waals surface area contributed by atoms with Crippen LogP contribution in [0.5, 0.6) is 0 Å². The molecule has 0 amide bonds. The second-order valence-corrected chi connectivity index (χ2v) is 5.15. The Kier molecular flexibility index (Phi) is 3.32. The van der Waals surface area contributed by atoms with Gasteiger partial charge < -0.3 is 5.73 Å². The summed E-state index contributed by atoms with van der Waals surface area (Å²) in [6.45, 7) is 6.72. The van der Waals surface area contributed by atoms with Crippen LogP contribution in [0.2, 0.25) is 0 Å². The van der Waals surface area contributed by atoms with Gasteiger partial charge in [-0.1, -0.05) is 20.8 Å². The first kappa shape index (κ1) is 11.2. The molecule has 3 nitrogen and oxygen atoms in total. The van der Waals surface area contributed by atoms with E-state index in [4.69, 9.17) is 5.73 Å². The van der Waals surface area contributed by atoms with Gasteiger partial charge in [-0.05, 0) is 18.3 Å². The van der Waals surface area contributed by atoms with Gasteiger partial charge in [-0.25, -0.2) is 0 Å². The quantitative estimate of drug-likeness (QED) is 0.804. The van der Waals surface area contributed by atoms with E-state index in [0.29, 0.717) is 5.41 Å². The topological polar surface area (TPSA) is 43.8 Å². The first-order chi connectivity index (χ1) is 6.38. The van der Waals surface area contributed by atoms with Crippen LogP contribution in [0.3, 0.4) is 0 Å². The molecule has 1 heterocycles. The zero-order chi connectivity index (χ0) is 10.8. The third kappa shape index (κ3) is 3.50. The molecule has 0 saturated heterocycles. The van der Waals surface area contributed by atoms with Gasteiger partial charge in [-0.2, -0.15) is 5.10 Å². The summed E-state index contributed by atoms with van der Waals surface area (Å²) in [6.07, 6.45) is 6.01. The number of hydrogen-bond acceptors (Lipinski definition) is 2. The molecule has 0 aliphatic carbocycles. The molecule has 1 rings (SSSR count). The highest BCUT2D eigenvalue weighted by atomic mass is 15.2. The van der Waals surface area contributed by atoms with Crippen LogP contribution in [0, 0.1) is 5.41 Å². The summed E-state index contributed by atoms with van der Waals surface area (Å²) in [5.74, 6) is 0. The summed E-state index contributed by atoms with van der Waals surface area (Å²) in [7, 11) is 1.92. The van der Waals surface area contributed by atoms with Crippen LogP contribution < -0.4 is 5.73 Å². The summed E-state index contributed by atoms with van der Waals surface area (Å²) in [5, 5.41) is 4.12. The van der Waals surface area contributed by atoms with Crippen LogP contribution in [0.15, 0.2) is 12.4 Å². The summed E-state index contributed by atoms with van der Waals surface area (Å²) in [4.78, 5) is 0. The van der Waals surface area contributed by atoms with Crippen molar-refractivity contribution in [3.63, 3.8) is 0 Å². The lowest BCUT2D eigenvalue weighted by Gasteiger charge is -2.20. The number of aryl methyl sites for hydroxylation is 1. The predicted molar refractivity (Wildman–Crippen MR) is 58.8 cm³/mol. The average Bonchev–Trinajstić information content (AvgIpc) is 2.46. The fraction of sp³-hybridized carbons (Fsp3) is 0.727. The van der Waals surface area contributed by atoms with Crippen LogP contribution in [-0.2, 0) is 7.05 Å². The number of nitrogens with zero attached hydrogens (tertiary/aromatic N) is 2. The first-order valence-corrected chi connectivity index (χ1v) is 5.12. The molecule has 1 aromatic heterocycles. The zero-order valence-corrected chi connectivity index (χ0v) is 9.62. The molecule has 0 fully saturated rings. The second-order valence-electron chi connectivity index (χ2n) is 5.15. The molecule has 14 heavy (non-hydrogen) atoms.